The van der Waals surface area contributed by atoms with Crippen molar-refractivity contribution in [2.24, 2.45) is 5.92 Å². The number of nitrogens with one attached hydrogen (secondary N) is 1. The van der Waals surface area contributed by atoms with Crippen LogP contribution in [0.3, 0.4) is 0 Å². The van der Waals surface area contributed by atoms with Crippen LogP contribution < -0.4 is 10.1 Å². The molecule has 3 nitrogen and oxygen atoms in total. The van der Waals surface area contributed by atoms with E-state index in [-0.39, 0.29) is 0 Å². The van der Waals surface area contributed by atoms with E-state index in [9.17, 15) is 5.11 Å². The molecular weight excluding hydrogens is 238 g/mol. The summed E-state index contributed by atoms with van der Waals surface area (Å²) >= 11 is 0. The molecule has 0 heterocycles. The maximum absolute atomic E-state index is 9.85. The molecule has 0 saturated carbocycles. The van der Waals surface area contributed by atoms with Crippen molar-refractivity contribution >= 4 is 0 Å². The molecule has 108 valence electrons. The monoisotopic (exact) mass is 265 g/mol. The Hall–Kier alpha value is -1.06. The molecule has 1 aromatic carbocycles. The lowest BCUT2D eigenvalue weighted by molar-refractivity contribution is 0.103. The number of rotatable bonds is 9. The van der Waals surface area contributed by atoms with Crippen LogP contribution in [-0.4, -0.2) is 30.4 Å². The van der Waals surface area contributed by atoms with Gasteiger partial charge in [-0.25, -0.2) is 0 Å². The normalized spacial score (nSPS) is 14.4. The Bertz CT molecular complexity index is 327. The summed E-state index contributed by atoms with van der Waals surface area (Å²) in [5.41, 5.74) is 0. The highest BCUT2D eigenvalue weighted by atomic mass is 16.5. The molecular formula is C16H27NO2. The molecule has 1 rings (SSSR count). The predicted molar refractivity (Wildman–Crippen MR) is 79.5 cm³/mol. The Morgan fingerprint density at radius 1 is 1.11 bits per heavy atom. The summed E-state index contributed by atoms with van der Waals surface area (Å²) < 4.78 is 5.51. The van der Waals surface area contributed by atoms with Crippen LogP contribution in [0.25, 0.3) is 0 Å². The smallest absolute Gasteiger partial charge is 0.119 e. The molecule has 3 heteroatoms. The first-order valence-corrected chi connectivity index (χ1v) is 7.17. The third kappa shape index (κ3) is 7.85. The number of hydrogen-bond donors (Lipinski definition) is 2. The van der Waals surface area contributed by atoms with Crippen molar-refractivity contribution in [2.75, 3.05) is 13.2 Å². The zero-order chi connectivity index (χ0) is 14.1. The highest BCUT2D eigenvalue weighted by Gasteiger charge is 2.08. The lowest BCUT2D eigenvalue weighted by atomic mass is 10.0. The molecule has 2 unspecified atom stereocenters. The minimum absolute atomic E-state index is 0.327. The van der Waals surface area contributed by atoms with Crippen molar-refractivity contribution < 1.29 is 9.84 Å². The first-order chi connectivity index (χ1) is 9.08. The number of aliphatic hydroxyl groups is 1. The fourth-order valence-corrected chi connectivity index (χ4v) is 1.79. The Labute approximate surface area is 117 Å². The second-order valence-corrected chi connectivity index (χ2v) is 5.56. The maximum Gasteiger partial charge on any atom is 0.119 e. The summed E-state index contributed by atoms with van der Waals surface area (Å²) in [6.07, 6.45) is 1.89. The predicted octanol–water partition coefficient (Wildman–Crippen LogP) is 2.84. The van der Waals surface area contributed by atoms with Gasteiger partial charge in [0.2, 0.25) is 0 Å². The molecule has 1 aromatic rings. The maximum atomic E-state index is 9.85. The average molecular weight is 265 g/mol. The van der Waals surface area contributed by atoms with Crippen molar-refractivity contribution in [3.63, 3.8) is 0 Å². The Morgan fingerprint density at radius 2 is 1.79 bits per heavy atom. The molecule has 2 atom stereocenters. The standard InChI is InChI=1S/C16H27NO2/c1-13(2)9-10-14(3)17-11-15(18)12-19-16-7-5-4-6-8-16/h4-8,13-15,17-18H,9-12H2,1-3H3. The first kappa shape index (κ1) is 16.0. The zero-order valence-corrected chi connectivity index (χ0v) is 12.3. The van der Waals surface area contributed by atoms with Crippen LogP contribution in [0.15, 0.2) is 30.3 Å². The molecule has 0 bridgehead atoms. The summed E-state index contributed by atoms with van der Waals surface area (Å²) in [5.74, 6) is 1.53. The van der Waals surface area contributed by atoms with Crippen LogP contribution in [0.2, 0.25) is 0 Å². The molecule has 0 aromatic heterocycles. The third-order valence-electron chi connectivity index (χ3n) is 3.06. The van der Waals surface area contributed by atoms with Gasteiger partial charge in [-0.3, -0.25) is 0 Å². The lowest BCUT2D eigenvalue weighted by Crippen LogP contribution is -2.36. The lowest BCUT2D eigenvalue weighted by Gasteiger charge is -2.18. The minimum Gasteiger partial charge on any atom is -0.491 e. The molecule has 2 N–H and O–H groups in total. The van der Waals surface area contributed by atoms with Crippen molar-refractivity contribution in [1.29, 1.82) is 0 Å². The van der Waals surface area contributed by atoms with Gasteiger partial charge in [0.1, 0.15) is 18.5 Å². The molecule has 0 fully saturated rings. The molecule has 0 radical (unpaired) electrons. The van der Waals surface area contributed by atoms with Crippen LogP contribution in [-0.2, 0) is 0 Å². The van der Waals surface area contributed by atoms with Gasteiger partial charge in [-0.2, -0.15) is 0 Å². The molecule has 0 aliphatic carbocycles. The molecule has 19 heavy (non-hydrogen) atoms. The zero-order valence-electron chi connectivity index (χ0n) is 12.3. The molecule has 0 amide bonds. The van der Waals surface area contributed by atoms with Gasteiger partial charge in [0.25, 0.3) is 0 Å². The third-order valence-corrected chi connectivity index (χ3v) is 3.06. The summed E-state index contributed by atoms with van der Waals surface area (Å²) in [6, 6.07) is 10.0. The second kappa shape index (κ2) is 8.94. The van der Waals surface area contributed by atoms with Gasteiger partial charge in [-0.05, 0) is 37.8 Å². The number of benzene rings is 1. The van der Waals surface area contributed by atoms with Gasteiger partial charge in [-0.1, -0.05) is 32.0 Å². The molecule has 0 saturated heterocycles. The van der Waals surface area contributed by atoms with E-state index in [0.29, 0.717) is 19.2 Å². The molecule has 0 spiro atoms. The number of hydrogen-bond acceptors (Lipinski definition) is 3. The summed E-state index contributed by atoms with van der Waals surface area (Å²) in [7, 11) is 0. The van der Waals surface area contributed by atoms with Crippen LogP contribution in [0, 0.1) is 5.92 Å². The van der Waals surface area contributed by atoms with E-state index in [1.54, 1.807) is 0 Å². The van der Waals surface area contributed by atoms with Crippen molar-refractivity contribution in [2.45, 2.75) is 45.8 Å². The minimum atomic E-state index is -0.471. The largest absolute Gasteiger partial charge is 0.491 e. The Balaban J connectivity index is 2.12. The molecule has 0 aliphatic rings. The molecule has 0 aliphatic heterocycles. The van der Waals surface area contributed by atoms with Crippen LogP contribution in [0.1, 0.15) is 33.6 Å². The van der Waals surface area contributed by atoms with Gasteiger partial charge in [0, 0.05) is 12.6 Å². The highest BCUT2D eigenvalue weighted by Crippen LogP contribution is 2.09. The highest BCUT2D eigenvalue weighted by molar-refractivity contribution is 5.20. The number of ether oxygens (including phenoxy) is 1. The van der Waals surface area contributed by atoms with Crippen molar-refractivity contribution in [1.82, 2.24) is 5.32 Å². The Morgan fingerprint density at radius 3 is 2.42 bits per heavy atom. The number of aliphatic hydroxyl groups excluding tert-OH is 1. The summed E-state index contributed by atoms with van der Waals surface area (Å²) in [6.45, 7) is 7.53. The fourth-order valence-electron chi connectivity index (χ4n) is 1.79. The van der Waals surface area contributed by atoms with Crippen molar-refractivity contribution in [3.05, 3.63) is 30.3 Å². The summed E-state index contributed by atoms with van der Waals surface area (Å²) in [4.78, 5) is 0. The van der Waals surface area contributed by atoms with Crippen LogP contribution >= 0.6 is 0 Å². The number of para-hydroxylation sites is 1. The van der Waals surface area contributed by atoms with E-state index >= 15 is 0 Å². The SMILES string of the molecule is CC(C)CCC(C)NCC(O)COc1ccccc1. The van der Waals surface area contributed by atoms with Gasteiger partial charge >= 0.3 is 0 Å². The van der Waals surface area contributed by atoms with Gasteiger partial charge in [0.05, 0.1) is 0 Å². The van der Waals surface area contributed by atoms with Gasteiger partial charge < -0.3 is 15.2 Å². The Kier molecular flexibility index (Phi) is 7.53. The summed E-state index contributed by atoms with van der Waals surface area (Å²) in [5, 5.41) is 13.2. The van der Waals surface area contributed by atoms with E-state index in [4.69, 9.17) is 4.74 Å². The second-order valence-electron chi connectivity index (χ2n) is 5.56. The first-order valence-electron chi connectivity index (χ1n) is 7.17. The quantitative estimate of drug-likeness (QED) is 0.721. The topological polar surface area (TPSA) is 41.5 Å². The van der Waals surface area contributed by atoms with E-state index in [0.717, 1.165) is 18.1 Å². The van der Waals surface area contributed by atoms with Crippen molar-refractivity contribution in [3.8, 4) is 5.75 Å². The fraction of sp³-hybridized carbons (Fsp3) is 0.625. The average Bonchev–Trinajstić information content (AvgIpc) is 2.41. The van der Waals surface area contributed by atoms with Gasteiger partial charge in [-0.15, -0.1) is 0 Å². The van der Waals surface area contributed by atoms with Crippen LogP contribution in [0.4, 0.5) is 0 Å². The van der Waals surface area contributed by atoms with E-state index in [2.05, 4.69) is 26.1 Å². The van der Waals surface area contributed by atoms with E-state index in [1.807, 2.05) is 30.3 Å². The van der Waals surface area contributed by atoms with Gasteiger partial charge in [0.15, 0.2) is 0 Å². The van der Waals surface area contributed by atoms with E-state index < -0.39 is 6.10 Å². The van der Waals surface area contributed by atoms with E-state index in [1.165, 1.54) is 6.42 Å². The van der Waals surface area contributed by atoms with Crippen LogP contribution in [0.5, 0.6) is 5.75 Å².